The van der Waals surface area contributed by atoms with Gasteiger partial charge in [0.25, 0.3) is 0 Å². The van der Waals surface area contributed by atoms with Crippen molar-refractivity contribution in [2.45, 2.75) is 32.8 Å². The Hall–Kier alpha value is -1.35. The van der Waals surface area contributed by atoms with Gasteiger partial charge in [-0.15, -0.1) is 0 Å². The van der Waals surface area contributed by atoms with Gasteiger partial charge in [0.1, 0.15) is 5.82 Å². The lowest BCUT2D eigenvalue weighted by atomic mass is 9.75. The van der Waals surface area contributed by atoms with Crippen LogP contribution in [0.3, 0.4) is 0 Å². The fraction of sp³-hybridized carbons (Fsp3) is 0.429. The zero-order chi connectivity index (χ0) is 12.2. The van der Waals surface area contributed by atoms with Crippen molar-refractivity contribution >= 4 is 10.9 Å². The Morgan fingerprint density at radius 3 is 2.94 bits per heavy atom. The van der Waals surface area contributed by atoms with Gasteiger partial charge in [-0.05, 0) is 36.5 Å². The van der Waals surface area contributed by atoms with Crippen molar-refractivity contribution in [3.8, 4) is 0 Å². The van der Waals surface area contributed by atoms with Crippen molar-refractivity contribution in [1.29, 1.82) is 0 Å². The number of H-pyrrole nitrogens is 1. The van der Waals surface area contributed by atoms with Crippen LogP contribution in [0.25, 0.3) is 10.9 Å². The SMILES string of the molecule is CC1(C)Cc2[nH]c3ccc(F)cc3c2C(O)C1. The molecule has 1 aliphatic carbocycles. The lowest BCUT2D eigenvalue weighted by Gasteiger charge is -2.32. The molecule has 2 nitrogen and oxygen atoms in total. The highest BCUT2D eigenvalue weighted by Gasteiger charge is 2.33. The third-order valence-corrected chi connectivity index (χ3v) is 3.62. The first-order valence-electron chi connectivity index (χ1n) is 5.94. The van der Waals surface area contributed by atoms with Gasteiger partial charge in [-0.1, -0.05) is 13.8 Å². The van der Waals surface area contributed by atoms with Crippen LogP contribution in [0.5, 0.6) is 0 Å². The monoisotopic (exact) mass is 233 g/mol. The second-order valence-electron chi connectivity index (χ2n) is 5.77. The topological polar surface area (TPSA) is 36.0 Å². The average molecular weight is 233 g/mol. The molecule has 1 aliphatic rings. The van der Waals surface area contributed by atoms with Crippen LogP contribution in [-0.4, -0.2) is 10.1 Å². The molecule has 0 fully saturated rings. The lowest BCUT2D eigenvalue weighted by molar-refractivity contribution is 0.100. The maximum atomic E-state index is 13.3. The van der Waals surface area contributed by atoms with Gasteiger partial charge >= 0.3 is 0 Å². The van der Waals surface area contributed by atoms with Gasteiger partial charge in [0.05, 0.1) is 6.10 Å². The zero-order valence-corrected chi connectivity index (χ0v) is 10.0. The number of aliphatic hydroxyl groups excluding tert-OH is 1. The predicted octanol–water partition coefficient (Wildman–Crippen LogP) is 3.31. The summed E-state index contributed by atoms with van der Waals surface area (Å²) in [6.45, 7) is 4.29. The van der Waals surface area contributed by atoms with E-state index < -0.39 is 6.10 Å². The average Bonchev–Trinajstić information content (AvgIpc) is 2.52. The summed E-state index contributed by atoms with van der Waals surface area (Å²) in [6.07, 6.45) is 1.13. The Morgan fingerprint density at radius 2 is 2.18 bits per heavy atom. The van der Waals surface area contributed by atoms with E-state index in [1.165, 1.54) is 12.1 Å². The smallest absolute Gasteiger partial charge is 0.123 e. The summed E-state index contributed by atoms with van der Waals surface area (Å²) in [7, 11) is 0. The first-order valence-corrected chi connectivity index (χ1v) is 5.94. The van der Waals surface area contributed by atoms with Crippen molar-refractivity contribution in [1.82, 2.24) is 4.98 Å². The summed E-state index contributed by atoms with van der Waals surface area (Å²) in [4.78, 5) is 3.30. The van der Waals surface area contributed by atoms with E-state index in [0.29, 0.717) is 0 Å². The van der Waals surface area contributed by atoms with Crippen LogP contribution >= 0.6 is 0 Å². The molecule has 0 amide bonds. The number of rotatable bonds is 0. The molecule has 3 rings (SSSR count). The number of fused-ring (bicyclic) bond motifs is 3. The zero-order valence-electron chi connectivity index (χ0n) is 10.0. The molecule has 2 N–H and O–H groups in total. The molecule has 0 aliphatic heterocycles. The molecule has 1 atom stereocenters. The Morgan fingerprint density at radius 1 is 1.41 bits per heavy atom. The molecule has 0 bridgehead atoms. The molecule has 2 aromatic rings. The summed E-state index contributed by atoms with van der Waals surface area (Å²) in [6, 6.07) is 4.69. The van der Waals surface area contributed by atoms with Crippen LogP contribution in [0.1, 0.15) is 37.6 Å². The number of aliphatic hydroxyl groups is 1. The molecule has 3 heteroatoms. The first-order chi connectivity index (χ1) is 7.96. The molecule has 0 saturated carbocycles. The fourth-order valence-corrected chi connectivity index (χ4v) is 2.94. The third-order valence-electron chi connectivity index (χ3n) is 3.62. The minimum Gasteiger partial charge on any atom is -0.388 e. The van der Waals surface area contributed by atoms with E-state index in [1.54, 1.807) is 6.07 Å². The van der Waals surface area contributed by atoms with Gasteiger partial charge in [-0.3, -0.25) is 0 Å². The summed E-state index contributed by atoms with van der Waals surface area (Å²) >= 11 is 0. The summed E-state index contributed by atoms with van der Waals surface area (Å²) < 4.78 is 13.3. The van der Waals surface area contributed by atoms with Crippen LogP contribution in [0, 0.1) is 11.2 Å². The largest absolute Gasteiger partial charge is 0.388 e. The molecule has 0 spiro atoms. The first kappa shape index (κ1) is 10.8. The van der Waals surface area contributed by atoms with Gasteiger partial charge in [0, 0.05) is 22.2 Å². The van der Waals surface area contributed by atoms with Crippen molar-refractivity contribution in [3.05, 3.63) is 35.3 Å². The Kier molecular flexibility index (Phi) is 2.11. The lowest BCUT2D eigenvalue weighted by Crippen LogP contribution is -2.25. The number of nitrogens with one attached hydrogen (secondary N) is 1. The van der Waals surface area contributed by atoms with E-state index in [-0.39, 0.29) is 11.2 Å². The van der Waals surface area contributed by atoms with Crippen molar-refractivity contribution in [3.63, 3.8) is 0 Å². The van der Waals surface area contributed by atoms with Crippen LogP contribution in [0.4, 0.5) is 4.39 Å². The number of benzene rings is 1. The third kappa shape index (κ3) is 1.65. The summed E-state index contributed by atoms with van der Waals surface area (Å²) in [5.74, 6) is -0.253. The van der Waals surface area contributed by atoms with Gasteiger partial charge in [0.2, 0.25) is 0 Å². The number of aromatic amines is 1. The Labute approximate surface area is 99.5 Å². The van der Waals surface area contributed by atoms with Gasteiger partial charge in [-0.25, -0.2) is 4.39 Å². The molecule has 0 saturated heterocycles. The molecule has 0 radical (unpaired) electrons. The number of hydrogen-bond donors (Lipinski definition) is 2. The molecular formula is C14H16FNO. The maximum Gasteiger partial charge on any atom is 0.123 e. The van der Waals surface area contributed by atoms with E-state index in [0.717, 1.165) is 35.0 Å². The van der Waals surface area contributed by atoms with E-state index in [4.69, 9.17) is 0 Å². The van der Waals surface area contributed by atoms with E-state index in [9.17, 15) is 9.50 Å². The molecule has 1 aromatic carbocycles. The van der Waals surface area contributed by atoms with Crippen molar-refractivity contribution in [2.24, 2.45) is 5.41 Å². The number of halogens is 1. The summed E-state index contributed by atoms with van der Waals surface area (Å²) in [5.41, 5.74) is 2.94. The highest BCUT2D eigenvalue weighted by Crippen LogP contribution is 2.43. The van der Waals surface area contributed by atoms with Gasteiger partial charge in [-0.2, -0.15) is 0 Å². The second-order valence-corrected chi connectivity index (χ2v) is 5.77. The molecule has 1 heterocycles. The van der Waals surface area contributed by atoms with E-state index in [2.05, 4.69) is 18.8 Å². The van der Waals surface area contributed by atoms with Crippen molar-refractivity contribution in [2.75, 3.05) is 0 Å². The number of aromatic nitrogens is 1. The predicted molar refractivity (Wildman–Crippen MR) is 65.3 cm³/mol. The standard InChI is InChI=1S/C14H16FNO/c1-14(2)6-11-13(12(17)7-14)9-5-8(15)3-4-10(9)16-11/h3-5,12,16-17H,6-7H2,1-2H3. The molecule has 1 unspecified atom stereocenters. The van der Waals surface area contributed by atoms with Crippen LogP contribution < -0.4 is 0 Å². The summed E-state index contributed by atoms with van der Waals surface area (Å²) in [5, 5.41) is 11.1. The van der Waals surface area contributed by atoms with Crippen LogP contribution in [0.2, 0.25) is 0 Å². The van der Waals surface area contributed by atoms with Crippen LogP contribution in [-0.2, 0) is 6.42 Å². The van der Waals surface area contributed by atoms with Crippen LogP contribution in [0.15, 0.2) is 18.2 Å². The fourth-order valence-electron chi connectivity index (χ4n) is 2.94. The molecular weight excluding hydrogens is 217 g/mol. The van der Waals surface area contributed by atoms with Crippen molar-refractivity contribution < 1.29 is 9.50 Å². The quantitative estimate of drug-likeness (QED) is 0.719. The minimum atomic E-state index is -0.496. The van der Waals surface area contributed by atoms with E-state index in [1.807, 2.05) is 0 Å². The number of hydrogen-bond acceptors (Lipinski definition) is 1. The maximum absolute atomic E-state index is 13.3. The molecule has 90 valence electrons. The molecule has 17 heavy (non-hydrogen) atoms. The van der Waals surface area contributed by atoms with E-state index >= 15 is 0 Å². The Balaban J connectivity index is 2.25. The normalized spacial score (nSPS) is 22.7. The van der Waals surface area contributed by atoms with Gasteiger partial charge < -0.3 is 10.1 Å². The highest BCUT2D eigenvalue weighted by atomic mass is 19.1. The second kappa shape index (κ2) is 3.33. The van der Waals surface area contributed by atoms with Gasteiger partial charge in [0.15, 0.2) is 0 Å². The highest BCUT2D eigenvalue weighted by molar-refractivity contribution is 5.85. The minimum absolute atomic E-state index is 0.0891. The molecule has 1 aromatic heterocycles. The Bertz CT molecular complexity index is 585.